The maximum Gasteiger partial charge on any atom is 0.333 e. The van der Waals surface area contributed by atoms with Crippen LogP contribution >= 0.6 is 0 Å². The summed E-state index contributed by atoms with van der Waals surface area (Å²) in [4.78, 5) is 13.7. The molecule has 0 spiro atoms. The number of aliphatic carboxylic acids is 1. The molecule has 43 heavy (non-hydrogen) atoms. The highest BCUT2D eigenvalue weighted by atomic mass is 16.5. The van der Waals surface area contributed by atoms with Gasteiger partial charge in [-0.05, 0) is 83.0 Å². The van der Waals surface area contributed by atoms with Crippen molar-refractivity contribution in [2.24, 2.45) is 0 Å². The zero-order valence-electron chi connectivity index (χ0n) is 25.8. The van der Waals surface area contributed by atoms with E-state index in [4.69, 9.17) is 9.47 Å². The number of ether oxygens (including phenoxy) is 2. The van der Waals surface area contributed by atoms with E-state index in [1.165, 1.54) is 46.1 Å². The van der Waals surface area contributed by atoms with Gasteiger partial charge < -0.3 is 14.6 Å². The van der Waals surface area contributed by atoms with Gasteiger partial charge in [0.1, 0.15) is 12.4 Å². The van der Waals surface area contributed by atoms with Crippen LogP contribution in [-0.2, 0) is 35.2 Å². The Kier molecular flexibility index (Phi) is 9.96. The highest BCUT2D eigenvalue weighted by molar-refractivity contribution is 5.72. The van der Waals surface area contributed by atoms with E-state index in [0.29, 0.717) is 18.9 Å². The van der Waals surface area contributed by atoms with Crippen molar-refractivity contribution in [1.29, 1.82) is 0 Å². The molecule has 0 bridgehead atoms. The molecule has 5 heteroatoms. The summed E-state index contributed by atoms with van der Waals surface area (Å²) in [6, 6.07) is 32.7. The zero-order chi connectivity index (χ0) is 30.3. The summed E-state index contributed by atoms with van der Waals surface area (Å²) in [7, 11) is 3.62. The number of nitrogens with zero attached hydrogens (tertiary/aromatic N) is 1. The summed E-state index contributed by atoms with van der Waals surface area (Å²) in [5, 5.41) is 9.26. The van der Waals surface area contributed by atoms with Crippen molar-refractivity contribution in [3.63, 3.8) is 0 Å². The number of benzene rings is 4. The fourth-order valence-corrected chi connectivity index (χ4v) is 6.21. The Balaban J connectivity index is 1.35. The molecule has 1 N–H and O–H groups in total. The molecule has 1 aliphatic rings. The fourth-order valence-electron chi connectivity index (χ4n) is 6.21. The maximum atomic E-state index is 11.3. The number of methoxy groups -OCH3 is 1. The Bertz CT molecular complexity index is 1520. The summed E-state index contributed by atoms with van der Waals surface area (Å²) in [5.74, 6) is 0.153. The standard InChI is InChI=1S/C38H43NO4/c1-5-27-11-14-30-15-16-32-25-31(26(2)29-9-7-6-8-10-29)17-20-34(32)37(35(30)23-27)39(3)21-22-43-33-18-12-28(13-19-33)24-36(42-4)38(40)41/h6-14,17-20,23,25-26,36-37H,5,15-16,21-22,24H2,1-4H3,(H,40,41). The summed E-state index contributed by atoms with van der Waals surface area (Å²) in [6.45, 7) is 5.82. The van der Waals surface area contributed by atoms with Gasteiger partial charge in [0.15, 0.2) is 6.10 Å². The van der Waals surface area contributed by atoms with Gasteiger partial charge in [-0.15, -0.1) is 0 Å². The van der Waals surface area contributed by atoms with Crippen LogP contribution in [0, 0.1) is 0 Å². The van der Waals surface area contributed by atoms with Crippen molar-refractivity contribution in [1.82, 2.24) is 4.90 Å². The number of fused-ring (bicyclic) bond motifs is 2. The van der Waals surface area contributed by atoms with Crippen LogP contribution < -0.4 is 4.74 Å². The topological polar surface area (TPSA) is 59.0 Å². The normalized spacial score (nSPS) is 15.7. The summed E-state index contributed by atoms with van der Waals surface area (Å²) < 4.78 is 11.2. The monoisotopic (exact) mass is 577 g/mol. The van der Waals surface area contributed by atoms with Crippen molar-refractivity contribution < 1.29 is 19.4 Å². The summed E-state index contributed by atoms with van der Waals surface area (Å²) >= 11 is 0. The molecule has 0 heterocycles. The van der Waals surface area contributed by atoms with E-state index in [9.17, 15) is 9.90 Å². The first kappa shape index (κ1) is 30.5. The second-order valence-corrected chi connectivity index (χ2v) is 11.6. The number of aryl methyl sites for hydroxylation is 3. The average Bonchev–Trinajstić information content (AvgIpc) is 3.20. The Hall–Kier alpha value is -3.93. The minimum Gasteiger partial charge on any atom is -0.492 e. The number of carbonyl (C=O) groups is 1. The number of rotatable bonds is 12. The third-order valence-electron chi connectivity index (χ3n) is 8.90. The number of carboxylic acid groups (broad SMARTS) is 1. The van der Waals surface area contributed by atoms with E-state index in [0.717, 1.165) is 37.1 Å². The Morgan fingerprint density at radius 3 is 2.30 bits per heavy atom. The molecule has 0 fully saturated rings. The first-order chi connectivity index (χ1) is 20.9. The van der Waals surface area contributed by atoms with Crippen LogP contribution in [0.4, 0.5) is 0 Å². The molecule has 0 aromatic heterocycles. The Morgan fingerprint density at radius 2 is 1.60 bits per heavy atom. The Labute approximate surface area is 256 Å². The van der Waals surface area contributed by atoms with Crippen molar-refractivity contribution in [3.05, 3.63) is 136 Å². The third-order valence-corrected chi connectivity index (χ3v) is 8.90. The molecule has 4 aromatic rings. The highest BCUT2D eigenvalue weighted by Crippen LogP contribution is 2.38. The zero-order valence-corrected chi connectivity index (χ0v) is 25.8. The van der Waals surface area contributed by atoms with Gasteiger partial charge in [0.2, 0.25) is 0 Å². The highest BCUT2D eigenvalue weighted by Gasteiger charge is 2.28. The molecule has 4 aromatic carbocycles. The lowest BCUT2D eigenvalue weighted by molar-refractivity contribution is -0.148. The number of hydrogen-bond donors (Lipinski definition) is 1. The first-order valence-electron chi connectivity index (χ1n) is 15.3. The van der Waals surface area contributed by atoms with E-state index in [1.807, 2.05) is 24.3 Å². The molecule has 5 nitrogen and oxygen atoms in total. The quantitative estimate of drug-likeness (QED) is 0.192. The molecule has 0 aliphatic heterocycles. The number of likely N-dealkylation sites (N-methyl/N-ethyl adjacent to an activating group) is 1. The van der Waals surface area contributed by atoms with Crippen LogP contribution in [0.15, 0.2) is 91.0 Å². The molecule has 0 radical (unpaired) electrons. The van der Waals surface area contributed by atoms with Gasteiger partial charge >= 0.3 is 5.97 Å². The van der Waals surface area contributed by atoms with Gasteiger partial charge in [-0.2, -0.15) is 0 Å². The predicted octanol–water partition coefficient (Wildman–Crippen LogP) is 7.24. The minimum absolute atomic E-state index is 0.146. The maximum absolute atomic E-state index is 11.3. The van der Waals surface area contributed by atoms with Gasteiger partial charge in [0.25, 0.3) is 0 Å². The van der Waals surface area contributed by atoms with Gasteiger partial charge in [0.05, 0.1) is 6.04 Å². The van der Waals surface area contributed by atoms with Crippen LogP contribution in [0.2, 0.25) is 0 Å². The molecule has 0 saturated heterocycles. The van der Waals surface area contributed by atoms with E-state index >= 15 is 0 Å². The van der Waals surface area contributed by atoms with Gasteiger partial charge in [0, 0.05) is 26.0 Å². The van der Waals surface area contributed by atoms with Gasteiger partial charge in [-0.3, -0.25) is 4.90 Å². The van der Waals surface area contributed by atoms with Gasteiger partial charge in [-0.25, -0.2) is 4.79 Å². The number of hydrogen-bond acceptors (Lipinski definition) is 4. The van der Waals surface area contributed by atoms with Crippen LogP contribution in [-0.4, -0.2) is 49.4 Å². The lowest BCUT2D eigenvalue weighted by Gasteiger charge is -2.31. The average molecular weight is 578 g/mol. The summed E-state index contributed by atoms with van der Waals surface area (Å²) in [6.07, 6.45) is 2.55. The lowest BCUT2D eigenvalue weighted by atomic mass is 9.87. The molecule has 1 aliphatic carbocycles. The van der Waals surface area contributed by atoms with Crippen molar-refractivity contribution >= 4 is 5.97 Å². The molecular formula is C38H43NO4. The Morgan fingerprint density at radius 1 is 0.884 bits per heavy atom. The van der Waals surface area contributed by atoms with Crippen molar-refractivity contribution in [2.45, 2.75) is 57.6 Å². The summed E-state index contributed by atoms with van der Waals surface area (Å²) in [5.41, 5.74) is 10.6. The van der Waals surface area contributed by atoms with Crippen LogP contribution in [0.1, 0.15) is 70.3 Å². The minimum atomic E-state index is -0.958. The van der Waals surface area contributed by atoms with E-state index < -0.39 is 12.1 Å². The molecule has 5 rings (SSSR count). The van der Waals surface area contributed by atoms with Crippen LogP contribution in [0.25, 0.3) is 0 Å². The van der Waals surface area contributed by atoms with E-state index in [2.05, 4.69) is 92.5 Å². The molecule has 3 unspecified atom stereocenters. The second kappa shape index (κ2) is 14.0. The third kappa shape index (κ3) is 7.18. The van der Waals surface area contributed by atoms with E-state index in [-0.39, 0.29) is 6.04 Å². The van der Waals surface area contributed by atoms with Crippen molar-refractivity contribution in [3.8, 4) is 5.75 Å². The molecule has 0 saturated carbocycles. The van der Waals surface area contributed by atoms with Crippen LogP contribution in [0.5, 0.6) is 5.75 Å². The fraction of sp³-hybridized carbons (Fsp3) is 0.342. The van der Waals surface area contributed by atoms with Crippen molar-refractivity contribution in [2.75, 3.05) is 27.3 Å². The van der Waals surface area contributed by atoms with Gasteiger partial charge in [-0.1, -0.05) is 92.7 Å². The molecule has 0 amide bonds. The molecular weight excluding hydrogens is 534 g/mol. The largest absolute Gasteiger partial charge is 0.492 e. The smallest absolute Gasteiger partial charge is 0.333 e. The second-order valence-electron chi connectivity index (χ2n) is 11.6. The lowest BCUT2D eigenvalue weighted by Crippen LogP contribution is -2.30. The van der Waals surface area contributed by atoms with E-state index in [1.54, 1.807) is 0 Å². The first-order valence-corrected chi connectivity index (χ1v) is 15.3. The molecule has 224 valence electrons. The molecule has 3 atom stereocenters. The van der Waals surface area contributed by atoms with Crippen LogP contribution in [0.3, 0.4) is 0 Å². The number of carboxylic acids is 1. The SMILES string of the molecule is CCc1ccc2c(c1)C(N(C)CCOc1ccc(CC(OC)C(=O)O)cc1)c1ccc(C(C)c3ccccc3)cc1CC2. The predicted molar refractivity (Wildman–Crippen MR) is 172 cm³/mol.